The second-order valence-electron chi connectivity index (χ2n) is 2.31. The van der Waals surface area contributed by atoms with Gasteiger partial charge in [-0.3, -0.25) is 0 Å². The number of halogens is 2. The number of hydrogen-bond acceptors (Lipinski definition) is 3. The van der Waals surface area contributed by atoms with E-state index in [0.29, 0.717) is 0 Å². The Kier molecular flexibility index (Phi) is 1.77. The third-order valence-corrected chi connectivity index (χ3v) is 2.73. The molecule has 0 aliphatic heterocycles. The van der Waals surface area contributed by atoms with Crippen molar-refractivity contribution in [1.29, 1.82) is 0 Å². The summed E-state index contributed by atoms with van der Waals surface area (Å²) in [5, 5.41) is 11.8. The summed E-state index contributed by atoms with van der Waals surface area (Å²) in [5.41, 5.74) is 1.69. The summed E-state index contributed by atoms with van der Waals surface area (Å²) in [5.74, 6) is 0. The van der Waals surface area contributed by atoms with E-state index in [4.69, 9.17) is 11.6 Å². The Hall–Kier alpha value is -0.680. The second-order valence-corrected chi connectivity index (χ2v) is 3.44. The van der Waals surface area contributed by atoms with Crippen molar-refractivity contribution in [3.63, 3.8) is 0 Å². The molecule has 6 heteroatoms. The van der Waals surface area contributed by atoms with E-state index in [1.165, 1.54) is 4.52 Å². The maximum Gasteiger partial charge on any atom is 0.244 e. The second kappa shape index (κ2) is 2.67. The van der Waals surface area contributed by atoms with Crippen LogP contribution in [0.25, 0.3) is 5.52 Å². The number of aryl methyl sites for hydroxylation is 1. The molecule has 0 amide bonds. The van der Waals surface area contributed by atoms with Crippen LogP contribution in [0, 0.1) is 6.92 Å². The highest BCUT2D eigenvalue weighted by molar-refractivity contribution is 9.10. The number of hydrogen-bond donors (Lipinski definition) is 0. The molecule has 2 aromatic rings. The van der Waals surface area contributed by atoms with Crippen LogP contribution in [0.15, 0.2) is 10.7 Å². The van der Waals surface area contributed by atoms with E-state index < -0.39 is 0 Å². The van der Waals surface area contributed by atoms with E-state index in [2.05, 4.69) is 31.2 Å². The molecule has 2 heterocycles. The summed E-state index contributed by atoms with van der Waals surface area (Å²) >= 11 is 9.12. The third-order valence-electron chi connectivity index (χ3n) is 1.52. The van der Waals surface area contributed by atoms with Crippen LogP contribution >= 0.6 is 27.5 Å². The van der Waals surface area contributed by atoms with Crippen molar-refractivity contribution < 1.29 is 0 Å². The molecule has 0 atom stereocenters. The number of rotatable bonds is 0. The van der Waals surface area contributed by atoms with Gasteiger partial charge in [0.05, 0.1) is 16.4 Å². The van der Waals surface area contributed by atoms with Gasteiger partial charge in [0.1, 0.15) is 5.52 Å². The molecule has 0 bridgehead atoms. The first-order valence-corrected chi connectivity index (χ1v) is 4.39. The minimum Gasteiger partial charge on any atom is -0.201 e. The van der Waals surface area contributed by atoms with Gasteiger partial charge in [-0.15, -0.1) is 5.10 Å². The highest BCUT2D eigenvalue weighted by Crippen LogP contribution is 2.22. The molecular formula is C6H4BrClN4. The Morgan fingerprint density at radius 2 is 2.33 bits per heavy atom. The fourth-order valence-electron chi connectivity index (χ4n) is 0.952. The van der Waals surface area contributed by atoms with Crippen molar-refractivity contribution in [2.45, 2.75) is 6.92 Å². The van der Waals surface area contributed by atoms with Crippen molar-refractivity contribution >= 4 is 33.0 Å². The van der Waals surface area contributed by atoms with Crippen LogP contribution < -0.4 is 0 Å². The van der Waals surface area contributed by atoms with Gasteiger partial charge in [-0.2, -0.15) is 10.2 Å². The van der Waals surface area contributed by atoms with Gasteiger partial charge in [-0.05, 0) is 34.5 Å². The molecule has 0 aliphatic carbocycles. The molecule has 0 radical (unpaired) electrons. The van der Waals surface area contributed by atoms with Crippen molar-refractivity contribution in [1.82, 2.24) is 19.8 Å². The molecule has 2 rings (SSSR count). The molecule has 0 N–H and O–H groups in total. The van der Waals surface area contributed by atoms with E-state index in [0.717, 1.165) is 15.7 Å². The fourth-order valence-corrected chi connectivity index (χ4v) is 1.47. The Balaban J connectivity index is 2.95. The van der Waals surface area contributed by atoms with Crippen LogP contribution in [0.5, 0.6) is 0 Å². The zero-order chi connectivity index (χ0) is 8.72. The minimum absolute atomic E-state index is 0.265. The lowest BCUT2D eigenvalue weighted by molar-refractivity contribution is 0.853. The van der Waals surface area contributed by atoms with Gasteiger partial charge in [-0.1, -0.05) is 0 Å². The first kappa shape index (κ1) is 7.94. The zero-order valence-electron chi connectivity index (χ0n) is 6.12. The third kappa shape index (κ3) is 1.01. The summed E-state index contributed by atoms with van der Waals surface area (Å²) in [4.78, 5) is 0. The van der Waals surface area contributed by atoms with E-state index in [1.54, 1.807) is 6.20 Å². The van der Waals surface area contributed by atoms with Crippen molar-refractivity contribution in [2.75, 3.05) is 0 Å². The van der Waals surface area contributed by atoms with Crippen LogP contribution in [-0.2, 0) is 0 Å². The van der Waals surface area contributed by atoms with Crippen molar-refractivity contribution in [3.8, 4) is 0 Å². The molecule has 12 heavy (non-hydrogen) atoms. The molecule has 2 aromatic heterocycles. The van der Waals surface area contributed by atoms with Crippen molar-refractivity contribution in [3.05, 3.63) is 21.6 Å². The monoisotopic (exact) mass is 246 g/mol. The molecule has 0 fully saturated rings. The Labute approximate surface area is 81.7 Å². The molecule has 4 nitrogen and oxygen atoms in total. The summed E-state index contributed by atoms with van der Waals surface area (Å²) in [6.45, 7) is 1.88. The number of nitrogens with zero attached hydrogens (tertiary/aromatic N) is 4. The molecule has 0 saturated heterocycles. The van der Waals surface area contributed by atoms with E-state index in [-0.39, 0.29) is 5.28 Å². The van der Waals surface area contributed by atoms with E-state index in [9.17, 15) is 0 Å². The largest absolute Gasteiger partial charge is 0.244 e. The van der Waals surface area contributed by atoms with Gasteiger partial charge >= 0.3 is 0 Å². The predicted molar refractivity (Wildman–Crippen MR) is 48.2 cm³/mol. The molecule has 0 aromatic carbocycles. The normalized spacial score (nSPS) is 10.9. The standard InChI is InChI=1S/C6H4BrClN4/c1-3-5(7)4-2-9-10-6(8)12(4)11-3/h2H,1H3. The lowest BCUT2D eigenvalue weighted by Gasteiger charge is -1.91. The lowest BCUT2D eigenvalue weighted by atomic mass is 10.4. The maximum absolute atomic E-state index is 5.75. The number of aromatic nitrogens is 4. The Morgan fingerprint density at radius 3 is 3.00 bits per heavy atom. The SMILES string of the molecule is Cc1nn2c(Cl)nncc2c1Br. The zero-order valence-corrected chi connectivity index (χ0v) is 8.46. The highest BCUT2D eigenvalue weighted by atomic mass is 79.9. The van der Waals surface area contributed by atoms with Gasteiger partial charge in [0.2, 0.25) is 5.28 Å². The first-order valence-electron chi connectivity index (χ1n) is 3.22. The van der Waals surface area contributed by atoms with Crippen LogP contribution in [-0.4, -0.2) is 19.8 Å². The minimum atomic E-state index is 0.265. The average molecular weight is 247 g/mol. The molecular weight excluding hydrogens is 243 g/mol. The van der Waals surface area contributed by atoms with Gasteiger partial charge in [0, 0.05) is 0 Å². The van der Waals surface area contributed by atoms with Crippen LogP contribution in [0.2, 0.25) is 5.28 Å². The smallest absolute Gasteiger partial charge is 0.201 e. The van der Waals surface area contributed by atoms with Gasteiger partial charge in [0.25, 0.3) is 0 Å². The first-order chi connectivity index (χ1) is 5.70. The van der Waals surface area contributed by atoms with Crippen LogP contribution in [0.4, 0.5) is 0 Å². The Bertz CT molecular complexity index is 438. The van der Waals surface area contributed by atoms with E-state index in [1.807, 2.05) is 6.92 Å². The maximum atomic E-state index is 5.75. The molecule has 0 spiro atoms. The summed E-state index contributed by atoms with van der Waals surface area (Å²) in [6.07, 6.45) is 1.61. The average Bonchev–Trinajstić information content (AvgIpc) is 2.32. The van der Waals surface area contributed by atoms with Gasteiger partial charge in [-0.25, -0.2) is 4.52 Å². The quantitative estimate of drug-likeness (QED) is 0.713. The van der Waals surface area contributed by atoms with E-state index >= 15 is 0 Å². The lowest BCUT2D eigenvalue weighted by Crippen LogP contribution is -1.94. The van der Waals surface area contributed by atoms with Gasteiger partial charge < -0.3 is 0 Å². The summed E-state index contributed by atoms with van der Waals surface area (Å²) in [6, 6.07) is 0. The summed E-state index contributed by atoms with van der Waals surface area (Å²) in [7, 11) is 0. The molecule has 0 saturated carbocycles. The number of fused-ring (bicyclic) bond motifs is 1. The van der Waals surface area contributed by atoms with Crippen molar-refractivity contribution in [2.24, 2.45) is 0 Å². The van der Waals surface area contributed by atoms with Crippen LogP contribution in [0.1, 0.15) is 5.69 Å². The topological polar surface area (TPSA) is 43.1 Å². The Morgan fingerprint density at radius 1 is 1.58 bits per heavy atom. The summed E-state index contributed by atoms with van der Waals surface area (Å²) < 4.78 is 2.44. The fraction of sp³-hybridized carbons (Fsp3) is 0.167. The highest BCUT2D eigenvalue weighted by Gasteiger charge is 2.08. The molecule has 62 valence electrons. The van der Waals surface area contributed by atoms with Gasteiger partial charge in [0.15, 0.2) is 0 Å². The molecule has 0 unspecified atom stereocenters. The molecule has 0 aliphatic rings. The van der Waals surface area contributed by atoms with Crippen LogP contribution in [0.3, 0.4) is 0 Å². The predicted octanol–water partition coefficient (Wildman–Crippen LogP) is 1.85.